The number of halogens is 2. The molecule has 1 fully saturated rings. The van der Waals surface area contributed by atoms with E-state index < -0.39 is 17.5 Å². The van der Waals surface area contributed by atoms with Crippen LogP contribution in [0.4, 0.5) is 14.5 Å². The normalized spacial score (nSPS) is 14.6. The van der Waals surface area contributed by atoms with Crippen LogP contribution in [0.5, 0.6) is 0 Å². The van der Waals surface area contributed by atoms with E-state index in [9.17, 15) is 13.6 Å². The SMILES string of the molecule is CCc1nc2c(cnn2CC)c(NC2CCOCC2)c1CNC(=O)c1ccc(F)cc1F. The van der Waals surface area contributed by atoms with Gasteiger partial charge in [-0.25, -0.2) is 18.4 Å². The van der Waals surface area contributed by atoms with E-state index >= 15 is 0 Å². The summed E-state index contributed by atoms with van der Waals surface area (Å²) in [6, 6.07) is 3.15. The highest BCUT2D eigenvalue weighted by Crippen LogP contribution is 2.31. The minimum atomic E-state index is -0.892. The summed E-state index contributed by atoms with van der Waals surface area (Å²) < 4.78 is 34.6. The van der Waals surface area contributed by atoms with E-state index in [1.807, 2.05) is 18.5 Å². The molecule has 3 aromatic rings. The Labute approximate surface area is 185 Å². The van der Waals surface area contributed by atoms with Crippen molar-refractivity contribution < 1.29 is 18.3 Å². The molecule has 2 N–H and O–H groups in total. The fourth-order valence-electron chi connectivity index (χ4n) is 4.04. The zero-order chi connectivity index (χ0) is 22.7. The lowest BCUT2D eigenvalue weighted by atomic mass is 10.0. The van der Waals surface area contributed by atoms with Crippen molar-refractivity contribution in [3.8, 4) is 0 Å². The molecule has 170 valence electrons. The molecule has 2 aromatic heterocycles. The van der Waals surface area contributed by atoms with E-state index in [0.29, 0.717) is 32.2 Å². The predicted molar refractivity (Wildman–Crippen MR) is 118 cm³/mol. The molecular formula is C23H27F2N5O2. The Morgan fingerprint density at radius 1 is 1.25 bits per heavy atom. The lowest BCUT2D eigenvalue weighted by Gasteiger charge is -2.26. The van der Waals surface area contributed by atoms with Gasteiger partial charge >= 0.3 is 0 Å². The van der Waals surface area contributed by atoms with Crippen LogP contribution in [0.2, 0.25) is 0 Å². The Kier molecular flexibility index (Phi) is 6.64. The van der Waals surface area contributed by atoms with Crippen LogP contribution < -0.4 is 10.6 Å². The van der Waals surface area contributed by atoms with E-state index in [2.05, 4.69) is 15.7 Å². The average molecular weight is 443 g/mol. The molecule has 1 aromatic carbocycles. The van der Waals surface area contributed by atoms with Crippen LogP contribution >= 0.6 is 0 Å². The van der Waals surface area contributed by atoms with Gasteiger partial charge in [0.25, 0.3) is 5.91 Å². The average Bonchev–Trinajstić information content (AvgIpc) is 3.21. The molecule has 1 aliphatic rings. The van der Waals surface area contributed by atoms with Crippen LogP contribution in [-0.2, 0) is 24.2 Å². The van der Waals surface area contributed by atoms with Crippen molar-refractivity contribution in [1.29, 1.82) is 0 Å². The number of ether oxygens (including phenoxy) is 1. The van der Waals surface area contributed by atoms with Crippen molar-refractivity contribution in [2.75, 3.05) is 18.5 Å². The van der Waals surface area contributed by atoms with E-state index in [1.165, 1.54) is 0 Å². The molecule has 32 heavy (non-hydrogen) atoms. The van der Waals surface area contributed by atoms with Gasteiger partial charge in [-0.15, -0.1) is 0 Å². The minimum absolute atomic E-state index is 0.157. The largest absolute Gasteiger partial charge is 0.381 e. The highest BCUT2D eigenvalue weighted by Gasteiger charge is 2.22. The number of nitrogens with one attached hydrogen (secondary N) is 2. The van der Waals surface area contributed by atoms with E-state index in [-0.39, 0.29) is 18.2 Å². The first kappa shape index (κ1) is 22.1. The minimum Gasteiger partial charge on any atom is -0.381 e. The van der Waals surface area contributed by atoms with E-state index in [0.717, 1.165) is 53.0 Å². The van der Waals surface area contributed by atoms with Gasteiger partial charge in [-0.05, 0) is 38.3 Å². The monoisotopic (exact) mass is 443 g/mol. The second-order valence-corrected chi connectivity index (χ2v) is 7.80. The Balaban J connectivity index is 1.69. The third kappa shape index (κ3) is 4.43. The number of nitrogens with zero attached hydrogens (tertiary/aromatic N) is 3. The van der Waals surface area contributed by atoms with Crippen LogP contribution in [0.15, 0.2) is 24.4 Å². The fraction of sp³-hybridized carbons (Fsp3) is 0.435. The first-order valence-corrected chi connectivity index (χ1v) is 11.0. The molecule has 0 bridgehead atoms. The quantitative estimate of drug-likeness (QED) is 0.580. The first-order chi connectivity index (χ1) is 15.5. The summed E-state index contributed by atoms with van der Waals surface area (Å²) in [5.74, 6) is -2.22. The van der Waals surface area contributed by atoms with Crippen molar-refractivity contribution in [2.24, 2.45) is 0 Å². The number of benzene rings is 1. The van der Waals surface area contributed by atoms with Crippen LogP contribution in [0.25, 0.3) is 11.0 Å². The van der Waals surface area contributed by atoms with Gasteiger partial charge < -0.3 is 15.4 Å². The topological polar surface area (TPSA) is 81.1 Å². The second kappa shape index (κ2) is 9.60. The number of hydrogen-bond donors (Lipinski definition) is 2. The zero-order valence-electron chi connectivity index (χ0n) is 18.3. The maximum absolute atomic E-state index is 14.1. The zero-order valence-corrected chi connectivity index (χ0v) is 18.3. The highest BCUT2D eigenvalue weighted by molar-refractivity contribution is 5.95. The lowest BCUT2D eigenvalue weighted by molar-refractivity contribution is 0.0904. The molecule has 0 aliphatic carbocycles. The highest BCUT2D eigenvalue weighted by atomic mass is 19.1. The molecule has 1 aliphatic heterocycles. The maximum Gasteiger partial charge on any atom is 0.254 e. The summed E-state index contributed by atoms with van der Waals surface area (Å²) in [6.45, 7) is 6.24. The van der Waals surface area contributed by atoms with Gasteiger partial charge in [0, 0.05) is 49.7 Å². The Bertz CT molecular complexity index is 1130. The molecule has 3 heterocycles. The molecular weight excluding hydrogens is 416 g/mol. The number of aryl methyl sites for hydroxylation is 2. The number of fused-ring (bicyclic) bond motifs is 1. The van der Waals surface area contributed by atoms with Gasteiger partial charge in [0.05, 0.1) is 22.8 Å². The number of anilines is 1. The molecule has 7 nitrogen and oxygen atoms in total. The van der Waals surface area contributed by atoms with Crippen LogP contribution in [0, 0.1) is 11.6 Å². The Morgan fingerprint density at radius 3 is 2.72 bits per heavy atom. The molecule has 9 heteroatoms. The fourth-order valence-corrected chi connectivity index (χ4v) is 4.04. The predicted octanol–water partition coefficient (Wildman–Crippen LogP) is 3.81. The first-order valence-electron chi connectivity index (χ1n) is 11.0. The third-order valence-corrected chi connectivity index (χ3v) is 5.78. The number of hydrogen-bond acceptors (Lipinski definition) is 5. The summed E-state index contributed by atoms with van der Waals surface area (Å²) >= 11 is 0. The number of aromatic nitrogens is 3. The Morgan fingerprint density at radius 2 is 2.03 bits per heavy atom. The van der Waals surface area contributed by atoms with Gasteiger partial charge in [-0.1, -0.05) is 6.92 Å². The summed E-state index contributed by atoms with van der Waals surface area (Å²) in [7, 11) is 0. The third-order valence-electron chi connectivity index (χ3n) is 5.78. The molecule has 1 amide bonds. The molecule has 1 saturated heterocycles. The standard InChI is InChI=1S/C23H27F2N5O2/c1-3-20-17(12-26-23(31)16-6-5-14(24)11-19(16)25)21(28-15-7-9-32-10-8-15)18-13-27-30(4-2)22(18)29-20/h5-6,11,13,15H,3-4,7-10,12H2,1-2H3,(H,26,31)(H,28,29). The van der Waals surface area contributed by atoms with Crippen molar-refractivity contribution in [3.63, 3.8) is 0 Å². The number of pyridine rings is 1. The van der Waals surface area contributed by atoms with Gasteiger partial charge in [-0.2, -0.15) is 5.10 Å². The summed E-state index contributed by atoms with van der Waals surface area (Å²) in [6.07, 6.45) is 4.20. The van der Waals surface area contributed by atoms with Gasteiger partial charge in [0.2, 0.25) is 0 Å². The molecule has 0 spiro atoms. The summed E-state index contributed by atoms with van der Waals surface area (Å²) in [5.41, 5.74) is 3.16. The Hall–Kier alpha value is -3.07. The maximum atomic E-state index is 14.1. The van der Waals surface area contributed by atoms with Crippen LogP contribution in [0.1, 0.15) is 48.3 Å². The number of carbonyl (C=O) groups excluding carboxylic acids is 1. The van der Waals surface area contributed by atoms with E-state index in [4.69, 9.17) is 9.72 Å². The molecule has 0 saturated carbocycles. The second-order valence-electron chi connectivity index (χ2n) is 7.80. The summed E-state index contributed by atoms with van der Waals surface area (Å²) in [5, 5.41) is 11.8. The summed E-state index contributed by atoms with van der Waals surface area (Å²) in [4.78, 5) is 17.4. The molecule has 0 radical (unpaired) electrons. The number of rotatable bonds is 7. The van der Waals surface area contributed by atoms with Crippen LogP contribution in [0.3, 0.4) is 0 Å². The van der Waals surface area contributed by atoms with Crippen molar-refractivity contribution in [2.45, 2.75) is 52.2 Å². The molecule has 0 atom stereocenters. The lowest BCUT2D eigenvalue weighted by Crippen LogP contribution is -2.30. The smallest absolute Gasteiger partial charge is 0.254 e. The van der Waals surface area contributed by atoms with Crippen LogP contribution in [-0.4, -0.2) is 39.9 Å². The van der Waals surface area contributed by atoms with Gasteiger partial charge in [0.15, 0.2) is 5.65 Å². The number of amides is 1. The van der Waals surface area contributed by atoms with Gasteiger partial charge in [-0.3, -0.25) is 4.79 Å². The number of carbonyl (C=O) groups is 1. The van der Waals surface area contributed by atoms with Crippen molar-refractivity contribution in [1.82, 2.24) is 20.1 Å². The van der Waals surface area contributed by atoms with E-state index in [1.54, 1.807) is 6.20 Å². The van der Waals surface area contributed by atoms with Crippen molar-refractivity contribution in [3.05, 3.63) is 52.9 Å². The molecule has 0 unspecified atom stereocenters. The van der Waals surface area contributed by atoms with Crippen molar-refractivity contribution >= 4 is 22.6 Å². The molecule has 4 rings (SSSR count). The van der Waals surface area contributed by atoms with Gasteiger partial charge in [0.1, 0.15) is 11.6 Å².